The van der Waals surface area contributed by atoms with Crippen molar-refractivity contribution in [2.24, 2.45) is 0 Å². The Balaban J connectivity index is 2.41. The third-order valence-electron chi connectivity index (χ3n) is 4.09. The smallest absolute Gasteiger partial charge is 0.214 e. The topological polar surface area (TPSA) is 58.2 Å². The van der Waals surface area contributed by atoms with Gasteiger partial charge in [0.15, 0.2) is 6.29 Å². The van der Waals surface area contributed by atoms with Crippen LogP contribution >= 0.6 is 0 Å². The minimum absolute atomic E-state index is 0.383. The second-order valence-corrected chi connectivity index (χ2v) is 5.45. The van der Waals surface area contributed by atoms with Crippen molar-refractivity contribution in [2.75, 3.05) is 6.67 Å². The number of unbranched alkanes of at least 4 members (excludes halogenated alkanes) is 1. The Hall–Kier alpha value is -1.52. The second kappa shape index (κ2) is 6.29. The van der Waals surface area contributed by atoms with Gasteiger partial charge in [-0.25, -0.2) is 0 Å². The van der Waals surface area contributed by atoms with Gasteiger partial charge in [0.1, 0.15) is 0 Å². The lowest BCUT2D eigenvalue weighted by atomic mass is 9.78. The fraction of sp³-hybridized carbons (Fsp3) is 0.500. The molecule has 2 N–H and O–H groups in total. The van der Waals surface area contributed by atoms with Crippen LogP contribution in [0.3, 0.4) is 0 Å². The number of hydrogen-bond donors (Lipinski definition) is 2. The van der Waals surface area contributed by atoms with Gasteiger partial charge in [-0.05, 0) is 18.9 Å². The van der Waals surface area contributed by atoms with Crippen molar-refractivity contribution in [1.82, 2.24) is 10.6 Å². The molecule has 2 unspecified atom stereocenters. The Morgan fingerprint density at radius 2 is 2.10 bits per heavy atom. The molecule has 4 nitrogen and oxygen atoms in total. The zero-order valence-corrected chi connectivity index (χ0v) is 12.1. The predicted octanol–water partition coefficient (Wildman–Crippen LogP) is 1.67. The quantitative estimate of drug-likeness (QED) is 0.612. The Kier molecular flexibility index (Phi) is 4.68. The van der Waals surface area contributed by atoms with Crippen molar-refractivity contribution >= 4 is 12.1 Å². The highest BCUT2D eigenvalue weighted by Crippen LogP contribution is 2.34. The van der Waals surface area contributed by atoms with E-state index in [1.165, 1.54) is 5.56 Å². The summed E-state index contributed by atoms with van der Waals surface area (Å²) in [5.41, 5.74) is 1.78. The molecule has 1 aliphatic heterocycles. The molecule has 1 saturated heterocycles. The first-order valence-electron chi connectivity index (χ1n) is 7.18. The molecule has 0 spiro atoms. The van der Waals surface area contributed by atoms with E-state index >= 15 is 0 Å². The summed E-state index contributed by atoms with van der Waals surface area (Å²) in [6.07, 6.45) is 3.33. The molecule has 0 amide bonds. The Bertz CT molecular complexity index is 484. The number of benzene rings is 1. The normalized spacial score (nSPS) is 25.6. The number of hydrogen-bond acceptors (Lipinski definition) is 4. The van der Waals surface area contributed by atoms with Gasteiger partial charge in [0.05, 0.1) is 11.6 Å². The maximum atomic E-state index is 12.0. The van der Waals surface area contributed by atoms with Gasteiger partial charge in [0, 0.05) is 6.67 Å². The van der Waals surface area contributed by atoms with Crippen LogP contribution in [0.5, 0.6) is 0 Å². The third kappa shape index (κ3) is 2.67. The van der Waals surface area contributed by atoms with E-state index in [0.717, 1.165) is 24.8 Å². The van der Waals surface area contributed by atoms with Crippen LogP contribution < -0.4 is 10.6 Å². The molecule has 0 aromatic heterocycles. The minimum Gasteiger partial charge on any atom is -0.295 e. The zero-order valence-electron chi connectivity index (χ0n) is 12.1. The molecule has 108 valence electrons. The molecule has 1 aliphatic rings. The monoisotopic (exact) mass is 274 g/mol. The van der Waals surface area contributed by atoms with Crippen LogP contribution in [0.1, 0.15) is 37.3 Å². The number of nitrogens with one attached hydrogen (secondary N) is 2. The number of Topliss-reactive ketones (excluding diaryl/α,β-unsaturated/α-hetero) is 1. The number of aldehydes is 1. The standard InChI is InChI=1S/C16H22N2O2/c1-3-4-9-16(13-7-5-12(2)6-8-13)15(14(20)10-19)17-11-18-16/h5-8,10,15,17-18H,3-4,9,11H2,1-2H3. The summed E-state index contributed by atoms with van der Waals surface area (Å²) >= 11 is 0. The van der Waals surface area contributed by atoms with Crippen molar-refractivity contribution in [3.05, 3.63) is 35.4 Å². The Morgan fingerprint density at radius 1 is 1.40 bits per heavy atom. The van der Waals surface area contributed by atoms with Crippen molar-refractivity contribution in [3.63, 3.8) is 0 Å². The van der Waals surface area contributed by atoms with Crippen LogP contribution in [0.15, 0.2) is 24.3 Å². The summed E-state index contributed by atoms with van der Waals surface area (Å²) in [5, 5.41) is 6.54. The maximum Gasteiger partial charge on any atom is 0.214 e. The van der Waals surface area contributed by atoms with Gasteiger partial charge in [-0.3, -0.25) is 20.2 Å². The molecule has 0 aliphatic carbocycles. The summed E-state index contributed by atoms with van der Waals surface area (Å²) in [6, 6.07) is 7.72. The lowest BCUT2D eigenvalue weighted by molar-refractivity contribution is -0.132. The van der Waals surface area contributed by atoms with Crippen LogP contribution in [0, 0.1) is 6.92 Å². The molecule has 20 heavy (non-hydrogen) atoms. The third-order valence-corrected chi connectivity index (χ3v) is 4.09. The van der Waals surface area contributed by atoms with Crippen molar-refractivity contribution in [1.29, 1.82) is 0 Å². The number of ketones is 1. The van der Waals surface area contributed by atoms with Gasteiger partial charge < -0.3 is 0 Å². The molecule has 2 atom stereocenters. The van der Waals surface area contributed by atoms with Gasteiger partial charge in [-0.2, -0.15) is 0 Å². The second-order valence-electron chi connectivity index (χ2n) is 5.45. The molecule has 1 aromatic rings. The van der Waals surface area contributed by atoms with Crippen molar-refractivity contribution in [3.8, 4) is 0 Å². The van der Waals surface area contributed by atoms with E-state index in [2.05, 4.69) is 29.7 Å². The van der Waals surface area contributed by atoms with E-state index in [-0.39, 0.29) is 5.78 Å². The molecule has 1 heterocycles. The first kappa shape index (κ1) is 14.9. The van der Waals surface area contributed by atoms with Crippen LogP contribution in [0.25, 0.3) is 0 Å². The molecule has 1 fully saturated rings. The fourth-order valence-corrected chi connectivity index (χ4v) is 2.95. The zero-order chi connectivity index (χ0) is 14.6. The van der Waals surface area contributed by atoms with Gasteiger partial charge in [0.25, 0.3) is 0 Å². The number of carbonyl (C=O) groups excluding carboxylic acids is 2. The SMILES string of the molecule is CCCCC1(c2ccc(C)cc2)NCNC1C(=O)C=O. The number of rotatable bonds is 6. The van der Waals surface area contributed by atoms with Crippen LogP contribution in [0.4, 0.5) is 0 Å². The minimum atomic E-state index is -0.478. The highest BCUT2D eigenvalue weighted by atomic mass is 16.2. The van der Waals surface area contributed by atoms with E-state index in [9.17, 15) is 9.59 Å². The molecule has 2 rings (SSSR count). The molecular formula is C16H22N2O2. The lowest BCUT2D eigenvalue weighted by Gasteiger charge is -2.34. The van der Waals surface area contributed by atoms with Gasteiger partial charge in [-0.15, -0.1) is 0 Å². The van der Waals surface area contributed by atoms with Gasteiger partial charge in [-0.1, -0.05) is 49.6 Å². The molecular weight excluding hydrogens is 252 g/mol. The van der Waals surface area contributed by atoms with Crippen molar-refractivity contribution < 1.29 is 9.59 Å². The van der Waals surface area contributed by atoms with Gasteiger partial charge in [0.2, 0.25) is 5.78 Å². The van der Waals surface area contributed by atoms with E-state index in [1.807, 2.05) is 19.1 Å². The fourth-order valence-electron chi connectivity index (χ4n) is 2.95. The van der Waals surface area contributed by atoms with E-state index in [0.29, 0.717) is 13.0 Å². The molecule has 0 saturated carbocycles. The first-order valence-corrected chi connectivity index (χ1v) is 7.18. The first-order chi connectivity index (χ1) is 9.64. The summed E-state index contributed by atoms with van der Waals surface area (Å²) in [5.74, 6) is -0.383. The highest BCUT2D eigenvalue weighted by Gasteiger charge is 2.46. The van der Waals surface area contributed by atoms with Gasteiger partial charge >= 0.3 is 0 Å². The lowest BCUT2D eigenvalue weighted by Crippen LogP contribution is -2.51. The molecule has 1 aromatic carbocycles. The largest absolute Gasteiger partial charge is 0.295 e. The Morgan fingerprint density at radius 3 is 2.70 bits per heavy atom. The van der Waals surface area contributed by atoms with Crippen LogP contribution in [0.2, 0.25) is 0 Å². The number of carbonyl (C=O) groups is 2. The van der Waals surface area contributed by atoms with E-state index in [4.69, 9.17) is 0 Å². The molecule has 4 heteroatoms. The maximum absolute atomic E-state index is 12.0. The summed E-state index contributed by atoms with van der Waals surface area (Å²) in [7, 11) is 0. The molecule has 0 radical (unpaired) electrons. The highest BCUT2D eigenvalue weighted by molar-refractivity contribution is 6.28. The van der Waals surface area contributed by atoms with Crippen molar-refractivity contribution in [2.45, 2.75) is 44.7 Å². The summed E-state index contributed by atoms with van der Waals surface area (Å²) in [4.78, 5) is 22.9. The van der Waals surface area contributed by atoms with Crippen LogP contribution in [-0.4, -0.2) is 24.8 Å². The average molecular weight is 274 g/mol. The summed E-state index contributed by atoms with van der Waals surface area (Å²) < 4.78 is 0. The number of aryl methyl sites for hydroxylation is 1. The van der Waals surface area contributed by atoms with E-state index in [1.54, 1.807) is 0 Å². The van der Waals surface area contributed by atoms with E-state index < -0.39 is 11.6 Å². The molecule has 0 bridgehead atoms. The predicted molar refractivity (Wildman–Crippen MR) is 78.4 cm³/mol. The summed E-state index contributed by atoms with van der Waals surface area (Å²) in [6.45, 7) is 4.71. The Labute approximate surface area is 119 Å². The van der Waals surface area contributed by atoms with Crippen LogP contribution in [-0.2, 0) is 15.1 Å². The average Bonchev–Trinajstić information content (AvgIpc) is 2.90.